The van der Waals surface area contributed by atoms with Crippen LogP contribution in [0.15, 0.2) is 53.4 Å². The van der Waals surface area contributed by atoms with Gasteiger partial charge in [0.05, 0.1) is 17.1 Å². The maximum absolute atomic E-state index is 12.8. The second-order valence-corrected chi connectivity index (χ2v) is 8.95. The van der Waals surface area contributed by atoms with E-state index in [9.17, 15) is 13.2 Å². The van der Waals surface area contributed by atoms with E-state index >= 15 is 0 Å². The molecule has 0 bridgehead atoms. The first-order valence-corrected chi connectivity index (χ1v) is 11.5. The number of nitrogens with one attached hydrogen (secondary N) is 1. The van der Waals surface area contributed by atoms with Crippen LogP contribution in [0.1, 0.15) is 47.7 Å². The van der Waals surface area contributed by atoms with Crippen molar-refractivity contribution in [2.45, 2.75) is 44.2 Å². The van der Waals surface area contributed by atoms with Crippen molar-refractivity contribution in [2.75, 3.05) is 19.7 Å². The van der Waals surface area contributed by atoms with E-state index < -0.39 is 16.0 Å². The molecule has 0 aliphatic carbocycles. The first-order chi connectivity index (χ1) is 14.0. The molecule has 0 amide bonds. The van der Waals surface area contributed by atoms with Crippen molar-refractivity contribution < 1.29 is 17.9 Å². The molecule has 1 fully saturated rings. The molecular formula is C22H28N2O4S. The third kappa shape index (κ3) is 5.88. The number of hydrogen-bond donors (Lipinski definition) is 1. The van der Waals surface area contributed by atoms with E-state index in [0.717, 1.165) is 30.8 Å². The number of likely N-dealkylation sites (tertiary alicyclic amines) is 1. The summed E-state index contributed by atoms with van der Waals surface area (Å²) in [7, 11) is -3.75. The lowest BCUT2D eigenvalue weighted by Crippen LogP contribution is -2.30. The summed E-state index contributed by atoms with van der Waals surface area (Å²) in [6.07, 6.45) is 3.71. The van der Waals surface area contributed by atoms with Crippen LogP contribution in [-0.2, 0) is 27.8 Å². The van der Waals surface area contributed by atoms with Gasteiger partial charge in [0.1, 0.15) is 0 Å². The fraction of sp³-hybridized carbons (Fsp3) is 0.409. The fourth-order valence-electron chi connectivity index (χ4n) is 3.50. The van der Waals surface area contributed by atoms with Crippen LogP contribution in [0, 0.1) is 0 Å². The Morgan fingerprint density at radius 1 is 1.03 bits per heavy atom. The number of piperidine rings is 1. The summed E-state index contributed by atoms with van der Waals surface area (Å²) in [4.78, 5) is 14.4. The van der Waals surface area contributed by atoms with Gasteiger partial charge < -0.3 is 4.74 Å². The quantitative estimate of drug-likeness (QED) is 0.668. The Balaban J connectivity index is 1.71. The zero-order chi connectivity index (χ0) is 20.7. The van der Waals surface area contributed by atoms with Gasteiger partial charge in [0.2, 0.25) is 10.0 Å². The van der Waals surface area contributed by atoms with Gasteiger partial charge in [0.15, 0.2) is 0 Å². The minimum atomic E-state index is -3.75. The highest BCUT2D eigenvalue weighted by molar-refractivity contribution is 7.89. The monoisotopic (exact) mass is 416 g/mol. The SMILES string of the molecule is CCOC(=O)c1cccc(S(=O)(=O)NCc2ccccc2CN2CCCCC2)c1. The van der Waals surface area contributed by atoms with Gasteiger partial charge in [-0.1, -0.05) is 36.8 Å². The Morgan fingerprint density at radius 2 is 1.76 bits per heavy atom. The van der Waals surface area contributed by atoms with E-state index in [1.54, 1.807) is 19.1 Å². The van der Waals surface area contributed by atoms with Crippen molar-refractivity contribution in [1.82, 2.24) is 9.62 Å². The average molecular weight is 417 g/mol. The lowest BCUT2D eigenvalue weighted by Gasteiger charge is -2.27. The molecule has 6 nitrogen and oxygen atoms in total. The molecule has 0 spiro atoms. The van der Waals surface area contributed by atoms with Gasteiger partial charge in [0, 0.05) is 13.1 Å². The first-order valence-electron chi connectivity index (χ1n) is 10.1. The summed E-state index contributed by atoms with van der Waals surface area (Å²) in [6.45, 7) is 5.15. The van der Waals surface area contributed by atoms with Crippen molar-refractivity contribution in [1.29, 1.82) is 0 Å². The molecule has 2 aromatic carbocycles. The fourth-order valence-corrected chi connectivity index (χ4v) is 4.56. The maximum atomic E-state index is 12.8. The first kappa shape index (κ1) is 21.5. The molecule has 156 valence electrons. The molecule has 1 aliphatic rings. The van der Waals surface area contributed by atoms with E-state index in [2.05, 4.69) is 15.7 Å². The van der Waals surface area contributed by atoms with Crippen molar-refractivity contribution >= 4 is 16.0 Å². The van der Waals surface area contributed by atoms with Gasteiger partial charge in [-0.05, 0) is 62.2 Å². The van der Waals surface area contributed by atoms with Crippen LogP contribution in [0.2, 0.25) is 0 Å². The number of carbonyl (C=O) groups is 1. The van der Waals surface area contributed by atoms with Gasteiger partial charge in [-0.2, -0.15) is 0 Å². The zero-order valence-corrected chi connectivity index (χ0v) is 17.6. The molecular weight excluding hydrogens is 388 g/mol. The van der Waals surface area contributed by atoms with Crippen molar-refractivity contribution in [3.8, 4) is 0 Å². The Morgan fingerprint density at radius 3 is 2.48 bits per heavy atom. The molecule has 1 heterocycles. The number of hydrogen-bond acceptors (Lipinski definition) is 5. The van der Waals surface area contributed by atoms with Crippen molar-refractivity contribution in [3.63, 3.8) is 0 Å². The van der Waals surface area contributed by atoms with Crippen molar-refractivity contribution in [2.24, 2.45) is 0 Å². The third-order valence-corrected chi connectivity index (χ3v) is 6.47. The second-order valence-electron chi connectivity index (χ2n) is 7.18. The molecule has 0 radical (unpaired) electrons. The van der Waals surface area contributed by atoms with Gasteiger partial charge in [-0.25, -0.2) is 17.9 Å². The van der Waals surface area contributed by atoms with Crippen LogP contribution >= 0.6 is 0 Å². The van der Waals surface area contributed by atoms with E-state index in [4.69, 9.17) is 4.74 Å². The normalized spacial score (nSPS) is 15.2. The summed E-state index contributed by atoms with van der Waals surface area (Å²) in [6, 6.07) is 13.8. The summed E-state index contributed by atoms with van der Waals surface area (Å²) < 4.78 is 33.2. The molecule has 0 aromatic heterocycles. The third-order valence-electron chi connectivity index (χ3n) is 5.07. The molecule has 0 saturated carbocycles. The molecule has 1 N–H and O–H groups in total. The molecule has 29 heavy (non-hydrogen) atoms. The smallest absolute Gasteiger partial charge is 0.338 e. The summed E-state index contributed by atoms with van der Waals surface area (Å²) in [5.41, 5.74) is 2.32. The number of sulfonamides is 1. The number of ether oxygens (including phenoxy) is 1. The average Bonchev–Trinajstić information content (AvgIpc) is 2.74. The molecule has 0 unspecified atom stereocenters. The van der Waals surface area contributed by atoms with E-state index in [-0.39, 0.29) is 23.6 Å². The van der Waals surface area contributed by atoms with E-state index in [1.807, 2.05) is 18.2 Å². The van der Waals surface area contributed by atoms with Crippen molar-refractivity contribution in [3.05, 3.63) is 65.2 Å². The predicted molar refractivity (Wildman–Crippen MR) is 112 cm³/mol. The topological polar surface area (TPSA) is 75.7 Å². The van der Waals surface area contributed by atoms with Gasteiger partial charge in [-0.15, -0.1) is 0 Å². The largest absolute Gasteiger partial charge is 0.462 e. The van der Waals surface area contributed by atoms with Crippen LogP contribution in [-0.4, -0.2) is 39.0 Å². The molecule has 0 atom stereocenters. The van der Waals surface area contributed by atoms with Crippen LogP contribution in [0.25, 0.3) is 0 Å². The Kier molecular flexibility index (Phi) is 7.41. The Hall–Kier alpha value is -2.22. The molecule has 7 heteroatoms. The summed E-state index contributed by atoms with van der Waals surface area (Å²) in [5, 5.41) is 0. The minimum absolute atomic E-state index is 0.0524. The second kappa shape index (κ2) is 10.0. The number of rotatable bonds is 8. The molecule has 1 saturated heterocycles. The maximum Gasteiger partial charge on any atom is 0.338 e. The molecule has 2 aromatic rings. The summed E-state index contributed by atoms with van der Waals surface area (Å²) in [5.74, 6) is -0.531. The highest BCUT2D eigenvalue weighted by Crippen LogP contribution is 2.18. The Labute approximate surface area is 172 Å². The number of esters is 1. The van der Waals surface area contributed by atoms with E-state index in [0.29, 0.717) is 0 Å². The number of benzene rings is 2. The highest BCUT2D eigenvalue weighted by Gasteiger charge is 2.18. The lowest BCUT2D eigenvalue weighted by atomic mass is 10.1. The van der Waals surface area contributed by atoms with Crippen LogP contribution in [0.3, 0.4) is 0 Å². The van der Waals surface area contributed by atoms with Gasteiger partial charge >= 0.3 is 5.97 Å². The van der Waals surface area contributed by atoms with Gasteiger partial charge in [0.25, 0.3) is 0 Å². The standard InChI is InChI=1S/C22H28N2O4S/c1-2-28-22(25)18-11-8-12-21(15-18)29(26,27)23-16-19-9-4-5-10-20(19)17-24-13-6-3-7-14-24/h4-5,8-12,15,23H,2-3,6-7,13-14,16-17H2,1H3. The van der Waals surface area contributed by atoms with Crippen LogP contribution in [0.5, 0.6) is 0 Å². The number of nitrogens with zero attached hydrogens (tertiary/aromatic N) is 1. The van der Waals surface area contributed by atoms with E-state index in [1.165, 1.54) is 31.4 Å². The number of carbonyl (C=O) groups excluding carboxylic acids is 1. The lowest BCUT2D eigenvalue weighted by molar-refractivity contribution is 0.0526. The highest BCUT2D eigenvalue weighted by atomic mass is 32.2. The summed E-state index contributed by atoms with van der Waals surface area (Å²) >= 11 is 0. The molecule has 1 aliphatic heterocycles. The van der Waals surface area contributed by atoms with Crippen LogP contribution < -0.4 is 4.72 Å². The predicted octanol–water partition coefficient (Wildman–Crippen LogP) is 3.33. The zero-order valence-electron chi connectivity index (χ0n) is 16.8. The van der Waals surface area contributed by atoms with Crippen LogP contribution in [0.4, 0.5) is 0 Å². The molecule has 3 rings (SSSR count). The minimum Gasteiger partial charge on any atom is -0.462 e. The van der Waals surface area contributed by atoms with Gasteiger partial charge in [-0.3, -0.25) is 4.90 Å². The Bertz CT molecular complexity index is 937.